The van der Waals surface area contributed by atoms with Gasteiger partial charge in [0.05, 0.1) is 0 Å². The van der Waals surface area contributed by atoms with Gasteiger partial charge in [-0.15, -0.1) is 0 Å². The Morgan fingerprint density at radius 1 is 0.471 bits per heavy atom. The van der Waals surface area contributed by atoms with Gasteiger partial charge in [-0.1, -0.05) is 127 Å². The van der Waals surface area contributed by atoms with Crippen LogP contribution in [-0.2, 0) is 0 Å². The molecule has 34 heavy (non-hydrogen) atoms. The lowest BCUT2D eigenvalue weighted by Crippen LogP contribution is -2.73. The predicted molar refractivity (Wildman–Crippen MR) is 149 cm³/mol. The molecule has 6 aromatic rings. The molecule has 0 aliphatic carbocycles. The van der Waals surface area contributed by atoms with E-state index < -0.39 is 8.07 Å². The van der Waals surface area contributed by atoms with E-state index in [2.05, 4.69) is 134 Å². The highest BCUT2D eigenvalue weighted by Gasteiger charge is 2.49. The van der Waals surface area contributed by atoms with E-state index in [9.17, 15) is 0 Å². The quantitative estimate of drug-likeness (QED) is 0.299. The van der Waals surface area contributed by atoms with Gasteiger partial charge in [-0.3, -0.25) is 0 Å². The Morgan fingerprint density at radius 2 is 1.15 bits per heavy atom. The third kappa shape index (κ3) is 2.59. The number of hydrogen-bond donors (Lipinski definition) is 0. The molecule has 1 unspecified atom stereocenters. The van der Waals surface area contributed by atoms with Gasteiger partial charge < -0.3 is 0 Å². The summed E-state index contributed by atoms with van der Waals surface area (Å²) in [5.74, 6) is 0. The smallest absolute Gasteiger partial charge is 0.0623 e. The van der Waals surface area contributed by atoms with Crippen LogP contribution in [0.4, 0.5) is 0 Å². The van der Waals surface area contributed by atoms with E-state index >= 15 is 0 Å². The lowest BCUT2D eigenvalue weighted by Gasteiger charge is -2.32. The van der Waals surface area contributed by atoms with Crippen LogP contribution < -0.4 is 20.7 Å². The van der Waals surface area contributed by atoms with Crippen LogP contribution in [0, 0.1) is 6.92 Å². The van der Waals surface area contributed by atoms with Crippen molar-refractivity contribution in [1.29, 1.82) is 0 Å². The van der Waals surface area contributed by atoms with Crippen molar-refractivity contribution in [2.75, 3.05) is 0 Å². The second-order valence-electron chi connectivity index (χ2n) is 9.44. The molecule has 1 aliphatic heterocycles. The molecule has 0 bridgehead atoms. The van der Waals surface area contributed by atoms with Crippen LogP contribution in [0.15, 0.2) is 127 Å². The summed E-state index contributed by atoms with van der Waals surface area (Å²) in [4.78, 5) is 0. The maximum Gasteiger partial charge on any atom is 0.181 e. The SMILES string of the molecule is Cc1cccc([Si]2(c3ccccc3)c3cc4ccccc4cc3-c3ccc4ccccc4c32)c1. The summed E-state index contributed by atoms with van der Waals surface area (Å²) in [7, 11) is -2.54. The van der Waals surface area contributed by atoms with Crippen LogP contribution in [0.3, 0.4) is 0 Å². The first-order valence-corrected chi connectivity index (χ1v) is 14.0. The van der Waals surface area contributed by atoms with Crippen molar-refractivity contribution in [3.63, 3.8) is 0 Å². The van der Waals surface area contributed by atoms with Crippen molar-refractivity contribution in [2.24, 2.45) is 0 Å². The Labute approximate surface area is 201 Å². The van der Waals surface area contributed by atoms with Gasteiger partial charge in [0.1, 0.15) is 0 Å². The first-order chi connectivity index (χ1) is 16.8. The Kier molecular flexibility index (Phi) is 4.18. The highest BCUT2D eigenvalue weighted by molar-refractivity contribution is 7.23. The molecular weight excluding hydrogens is 424 g/mol. The van der Waals surface area contributed by atoms with Gasteiger partial charge in [0.15, 0.2) is 8.07 Å². The summed E-state index contributed by atoms with van der Waals surface area (Å²) in [5.41, 5.74) is 4.12. The molecule has 0 spiro atoms. The minimum atomic E-state index is -2.54. The van der Waals surface area contributed by atoms with E-state index in [0.717, 1.165) is 0 Å². The molecule has 160 valence electrons. The van der Waals surface area contributed by atoms with Crippen molar-refractivity contribution in [2.45, 2.75) is 6.92 Å². The highest BCUT2D eigenvalue weighted by atomic mass is 28.3. The van der Waals surface area contributed by atoms with Gasteiger partial charge in [-0.25, -0.2) is 0 Å². The Balaban J connectivity index is 1.76. The van der Waals surface area contributed by atoms with Crippen LogP contribution in [0.25, 0.3) is 32.7 Å². The largest absolute Gasteiger partial charge is 0.181 e. The molecule has 0 saturated heterocycles. The molecule has 0 nitrogen and oxygen atoms in total. The molecule has 0 N–H and O–H groups in total. The van der Waals surface area contributed by atoms with E-state index in [1.54, 1.807) is 0 Å². The minimum Gasteiger partial charge on any atom is -0.0623 e. The first-order valence-electron chi connectivity index (χ1n) is 12.0. The van der Waals surface area contributed by atoms with E-state index in [4.69, 9.17) is 0 Å². The molecular formula is C33H24Si. The van der Waals surface area contributed by atoms with Crippen molar-refractivity contribution in [3.05, 3.63) is 133 Å². The van der Waals surface area contributed by atoms with Crippen LogP contribution in [0.2, 0.25) is 0 Å². The molecule has 1 aliphatic rings. The van der Waals surface area contributed by atoms with Gasteiger partial charge >= 0.3 is 0 Å². The summed E-state index contributed by atoms with van der Waals surface area (Å²) in [6, 6.07) is 47.9. The summed E-state index contributed by atoms with van der Waals surface area (Å²) in [6.45, 7) is 2.22. The third-order valence-corrected chi connectivity index (χ3v) is 12.4. The molecule has 6 aromatic carbocycles. The summed E-state index contributed by atoms with van der Waals surface area (Å²) < 4.78 is 0. The Morgan fingerprint density at radius 3 is 1.94 bits per heavy atom. The van der Waals surface area contributed by atoms with Crippen molar-refractivity contribution < 1.29 is 0 Å². The van der Waals surface area contributed by atoms with Crippen LogP contribution in [0.1, 0.15) is 5.56 Å². The number of fused-ring (bicyclic) bond motifs is 6. The van der Waals surface area contributed by atoms with E-state index in [1.807, 2.05) is 0 Å². The van der Waals surface area contributed by atoms with Gasteiger partial charge in [0.25, 0.3) is 0 Å². The summed E-state index contributed by atoms with van der Waals surface area (Å²) in [6.07, 6.45) is 0. The molecule has 7 rings (SSSR count). The normalized spacial score (nSPS) is 16.5. The number of rotatable bonds is 2. The van der Waals surface area contributed by atoms with E-state index in [1.165, 1.54) is 59.0 Å². The monoisotopic (exact) mass is 448 g/mol. The van der Waals surface area contributed by atoms with Crippen molar-refractivity contribution >= 4 is 50.4 Å². The zero-order chi connectivity index (χ0) is 22.7. The fourth-order valence-corrected chi connectivity index (χ4v) is 11.7. The number of benzene rings is 6. The number of hydrogen-bond acceptors (Lipinski definition) is 0. The molecule has 0 radical (unpaired) electrons. The van der Waals surface area contributed by atoms with Crippen LogP contribution in [-0.4, -0.2) is 8.07 Å². The second-order valence-corrected chi connectivity index (χ2v) is 13.1. The van der Waals surface area contributed by atoms with Gasteiger partial charge in [-0.05, 0) is 66.4 Å². The molecule has 0 saturated carbocycles. The Hall–Kier alpha value is -3.94. The van der Waals surface area contributed by atoms with Crippen molar-refractivity contribution in [1.82, 2.24) is 0 Å². The lowest BCUT2D eigenvalue weighted by atomic mass is 9.99. The molecule has 0 aromatic heterocycles. The van der Waals surface area contributed by atoms with Gasteiger partial charge in [-0.2, -0.15) is 0 Å². The predicted octanol–water partition coefficient (Wildman–Crippen LogP) is 5.66. The topological polar surface area (TPSA) is 0 Å². The first kappa shape index (κ1) is 19.5. The van der Waals surface area contributed by atoms with E-state index in [-0.39, 0.29) is 0 Å². The third-order valence-electron chi connectivity index (χ3n) is 7.54. The lowest BCUT2D eigenvalue weighted by molar-refractivity contribution is 1.49. The van der Waals surface area contributed by atoms with Crippen LogP contribution >= 0.6 is 0 Å². The maximum atomic E-state index is 2.50. The summed E-state index contributed by atoms with van der Waals surface area (Å²) in [5, 5.41) is 11.3. The minimum absolute atomic E-state index is 1.31. The fourth-order valence-electron chi connectivity index (χ4n) is 6.14. The van der Waals surface area contributed by atoms with Gasteiger partial charge in [0.2, 0.25) is 0 Å². The zero-order valence-electron chi connectivity index (χ0n) is 19.1. The highest BCUT2D eigenvalue weighted by Crippen LogP contribution is 2.34. The Bertz CT molecular complexity index is 1710. The van der Waals surface area contributed by atoms with Crippen LogP contribution in [0.5, 0.6) is 0 Å². The standard InChI is InChI=1S/C33H24Si/c1-23-10-9-16-28(20-23)34(27-14-3-2-4-15-27)32-22-26-13-6-5-12-25(26)21-31(32)30-19-18-24-11-7-8-17-29(24)33(30)34/h2-22H,1H3. The molecule has 1 atom stereocenters. The zero-order valence-corrected chi connectivity index (χ0v) is 20.1. The van der Waals surface area contributed by atoms with Gasteiger partial charge in [0, 0.05) is 0 Å². The van der Waals surface area contributed by atoms with Crippen molar-refractivity contribution in [3.8, 4) is 11.1 Å². The molecule has 0 amide bonds. The maximum absolute atomic E-state index is 2.54. The summed E-state index contributed by atoms with van der Waals surface area (Å²) >= 11 is 0. The molecule has 1 heteroatoms. The second kappa shape index (κ2) is 7.28. The molecule has 1 heterocycles. The number of aryl methyl sites for hydroxylation is 1. The average molecular weight is 449 g/mol. The fraction of sp³-hybridized carbons (Fsp3) is 0.0303. The molecule has 0 fully saturated rings. The van der Waals surface area contributed by atoms with E-state index in [0.29, 0.717) is 0 Å². The average Bonchev–Trinajstić information content (AvgIpc) is 3.18.